The number of ether oxygens (including phenoxy) is 1. The minimum absolute atomic E-state index is 0.0534. The van der Waals surface area contributed by atoms with Crippen molar-refractivity contribution in [1.29, 1.82) is 0 Å². The molecule has 1 aromatic heterocycles. The molecule has 1 saturated heterocycles. The molecule has 1 aromatic rings. The zero-order valence-corrected chi connectivity index (χ0v) is 7.19. The van der Waals surface area contributed by atoms with Crippen molar-refractivity contribution in [2.75, 3.05) is 19.8 Å². The van der Waals surface area contributed by atoms with Gasteiger partial charge in [-0.05, 0) is 0 Å². The zero-order valence-electron chi connectivity index (χ0n) is 6.37. The summed E-state index contributed by atoms with van der Waals surface area (Å²) in [5, 5.41) is 3.20. The Bertz CT molecular complexity index is 302. The molecule has 1 aliphatic heterocycles. The fraction of sp³-hybridized carbons (Fsp3) is 0.667. The summed E-state index contributed by atoms with van der Waals surface area (Å²) in [6.07, 6.45) is 0. The highest BCUT2D eigenvalue weighted by Gasteiger charge is 2.17. The van der Waals surface area contributed by atoms with E-state index in [1.54, 1.807) is 0 Å². The third-order valence-electron chi connectivity index (χ3n) is 1.71. The summed E-state index contributed by atoms with van der Waals surface area (Å²) in [5.74, 6) is 0.685. The molecule has 2 rings (SSSR count). The quantitative estimate of drug-likeness (QED) is 0.621. The number of aromatic nitrogens is 2. The Morgan fingerprint density at radius 2 is 2.58 bits per heavy atom. The van der Waals surface area contributed by atoms with Gasteiger partial charge in [-0.3, -0.25) is 9.78 Å². The first-order valence-electron chi connectivity index (χ1n) is 3.73. The smallest absolute Gasteiger partial charge is 0.323 e. The lowest BCUT2D eigenvalue weighted by Gasteiger charge is -2.21. The van der Waals surface area contributed by atoms with E-state index in [0.717, 1.165) is 24.7 Å². The third kappa shape index (κ3) is 1.55. The van der Waals surface area contributed by atoms with Crippen molar-refractivity contribution < 1.29 is 4.74 Å². The maximum atomic E-state index is 10.8. The van der Waals surface area contributed by atoms with E-state index in [1.165, 1.54) is 0 Å². The molecule has 1 fully saturated rings. The Morgan fingerprint density at radius 3 is 3.17 bits per heavy atom. The van der Waals surface area contributed by atoms with Gasteiger partial charge in [0.2, 0.25) is 0 Å². The number of H-pyrrole nitrogens is 1. The van der Waals surface area contributed by atoms with Crippen LogP contribution in [0.2, 0.25) is 0 Å². The summed E-state index contributed by atoms with van der Waals surface area (Å²) in [4.78, 5) is 13.3. The molecule has 0 aromatic carbocycles. The molecule has 0 amide bonds. The maximum absolute atomic E-state index is 10.8. The summed E-state index contributed by atoms with van der Waals surface area (Å²) in [6, 6.07) is 0.0534. The van der Waals surface area contributed by atoms with Crippen LogP contribution in [0.1, 0.15) is 11.9 Å². The van der Waals surface area contributed by atoms with Gasteiger partial charge in [0.05, 0.1) is 19.3 Å². The van der Waals surface area contributed by atoms with Crippen molar-refractivity contribution in [3.63, 3.8) is 0 Å². The molecule has 0 bridgehead atoms. The van der Waals surface area contributed by atoms with Gasteiger partial charge in [0.1, 0.15) is 5.82 Å². The minimum Gasteiger partial charge on any atom is -0.378 e. The van der Waals surface area contributed by atoms with Crippen LogP contribution in [0, 0.1) is 0 Å². The van der Waals surface area contributed by atoms with Crippen molar-refractivity contribution in [3.05, 3.63) is 15.5 Å². The number of aromatic amines is 1. The van der Waals surface area contributed by atoms with E-state index in [9.17, 15) is 4.79 Å². The molecular formula is C6H9N3O2S. The van der Waals surface area contributed by atoms with Gasteiger partial charge in [-0.15, -0.1) is 0 Å². The summed E-state index contributed by atoms with van der Waals surface area (Å²) in [7, 11) is 0. The Labute approximate surface area is 72.9 Å². The number of morpholine rings is 1. The zero-order chi connectivity index (χ0) is 8.39. The second-order valence-electron chi connectivity index (χ2n) is 2.56. The van der Waals surface area contributed by atoms with Crippen LogP contribution in [-0.4, -0.2) is 29.1 Å². The second kappa shape index (κ2) is 3.34. The van der Waals surface area contributed by atoms with Crippen molar-refractivity contribution in [3.8, 4) is 0 Å². The van der Waals surface area contributed by atoms with Crippen LogP contribution >= 0.6 is 11.5 Å². The molecule has 1 aliphatic rings. The Hall–Kier alpha value is -0.720. The van der Waals surface area contributed by atoms with Crippen LogP contribution < -0.4 is 10.2 Å². The molecule has 1 atom stereocenters. The van der Waals surface area contributed by atoms with Gasteiger partial charge in [-0.25, -0.2) is 0 Å². The molecule has 1 unspecified atom stereocenters. The fourth-order valence-corrected chi connectivity index (χ4v) is 1.64. The van der Waals surface area contributed by atoms with Gasteiger partial charge in [-0.1, -0.05) is 0 Å². The van der Waals surface area contributed by atoms with E-state index in [2.05, 4.69) is 14.7 Å². The number of hydrogen-bond acceptors (Lipinski definition) is 5. The summed E-state index contributed by atoms with van der Waals surface area (Å²) in [6.45, 7) is 2.12. The first-order valence-corrected chi connectivity index (χ1v) is 4.50. The first-order chi connectivity index (χ1) is 5.86. The molecule has 0 saturated carbocycles. The molecular weight excluding hydrogens is 178 g/mol. The van der Waals surface area contributed by atoms with E-state index in [4.69, 9.17) is 4.74 Å². The van der Waals surface area contributed by atoms with Crippen molar-refractivity contribution >= 4 is 11.5 Å². The number of hydrogen-bond donors (Lipinski definition) is 2. The number of nitrogens with one attached hydrogen (secondary N) is 2. The monoisotopic (exact) mass is 187 g/mol. The molecule has 0 spiro atoms. The lowest BCUT2D eigenvalue weighted by Crippen LogP contribution is -2.35. The van der Waals surface area contributed by atoms with E-state index >= 15 is 0 Å². The van der Waals surface area contributed by atoms with E-state index in [-0.39, 0.29) is 10.9 Å². The van der Waals surface area contributed by atoms with Crippen LogP contribution in [-0.2, 0) is 4.74 Å². The lowest BCUT2D eigenvalue weighted by molar-refractivity contribution is 0.0745. The van der Waals surface area contributed by atoms with Crippen molar-refractivity contribution in [2.24, 2.45) is 0 Å². The van der Waals surface area contributed by atoms with Crippen LogP contribution in [0.3, 0.4) is 0 Å². The lowest BCUT2D eigenvalue weighted by atomic mass is 10.3. The molecule has 2 heterocycles. The average molecular weight is 187 g/mol. The van der Waals surface area contributed by atoms with Crippen molar-refractivity contribution in [2.45, 2.75) is 6.04 Å². The van der Waals surface area contributed by atoms with Crippen LogP contribution in [0.4, 0.5) is 0 Å². The fourth-order valence-electron chi connectivity index (χ4n) is 1.13. The molecule has 66 valence electrons. The standard InChI is InChI=1S/C6H9N3O2S/c10-6-8-5(9-12-6)4-3-11-2-1-7-4/h4,7H,1-3H2,(H,8,9,10). The third-order valence-corrected chi connectivity index (χ3v) is 2.26. The predicted molar refractivity (Wildman–Crippen MR) is 44.3 cm³/mol. The van der Waals surface area contributed by atoms with Gasteiger partial charge < -0.3 is 10.1 Å². The highest BCUT2D eigenvalue weighted by atomic mass is 32.1. The summed E-state index contributed by atoms with van der Waals surface area (Å²) in [5.41, 5.74) is 0. The maximum Gasteiger partial charge on any atom is 0.323 e. The van der Waals surface area contributed by atoms with Gasteiger partial charge >= 0.3 is 4.87 Å². The summed E-state index contributed by atoms with van der Waals surface area (Å²) < 4.78 is 9.20. The summed E-state index contributed by atoms with van der Waals surface area (Å²) >= 11 is 0.941. The Morgan fingerprint density at radius 1 is 1.67 bits per heavy atom. The average Bonchev–Trinajstić information content (AvgIpc) is 2.54. The van der Waals surface area contributed by atoms with E-state index < -0.39 is 0 Å². The van der Waals surface area contributed by atoms with E-state index in [1.807, 2.05) is 0 Å². The number of rotatable bonds is 1. The Kier molecular flexibility index (Phi) is 2.20. The predicted octanol–water partition coefficient (Wildman–Crippen LogP) is -0.508. The van der Waals surface area contributed by atoms with Gasteiger partial charge in [-0.2, -0.15) is 4.37 Å². The molecule has 12 heavy (non-hydrogen) atoms. The normalized spacial score (nSPS) is 24.2. The highest BCUT2D eigenvalue weighted by Crippen LogP contribution is 2.09. The molecule has 2 N–H and O–H groups in total. The Balaban J connectivity index is 2.13. The van der Waals surface area contributed by atoms with Gasteiger partial charge in [0.25, 0.3) is 0 Å². The molecule has 6 heteroatoms. The van der Waals surface area contributed by atoms with E-state index in [0.29, 0.717) is 12.4 Å². The highest BCUT2D eigenvalue weighted by molar-refractivity contribution is 7.02. The molecule has 0 radical (unpaired) electrons. The topological polar surface area (TPSA) is 67.0 Å². The second-order valence-corrected chi connectivity index (χ2v) is 3.30. The molecule has 0 aliphatic carbocycles. The van der Waals surface area contributed by atoms with Gasteiger partial charge in [0.15, 0.2) is 0 Å². The van der Waals surface area contributed by atoms with Gasteiger partial charge in [0, 0.05) is 18.1 Å². The first kappa shape index (κ1) is 7.90. The van der Waals surface area contributed by atoms with Crippen molar-refractivity contribution in [1.82, 2.24) is 14.7 Å². The van der Waals surface area contributed by atoms with Crippen LogP contribution in [0.5, 0.6) is 0 Å². The molecule has 5 nitrogen and oxygen atoms in total. The van der Waals surface area contributed by atoms with Crippen LogP contribution in [0.25, 0.3) is 0 Å². The number of nitrogens with zero attached hydrogens (tertiary/aromatic N) is 1. The minimum atomic E-state index is -0.114. The largest absolute Gasteiger partial charge is 0.378 e. The van der Waals surface area contributed by atoms with Crippen LogP contribution in [0.15, 0.2) is 4.79 Å². The SMILES string of the molecule is O=c1[nH]c(C2COCCN2)ns1.